The van der Waals surface area contributed by atoms with E-state index in [-0.39, 0.29) is 30.1 Å². The van der Waals surface area contributed by atoms with Crippen LogP contribution in [0.4, 0.5) is 4.79 Å². The van der Waals surface area contributed by atoms with Crippen LogP contribution in [0.15, 0.2) is 30.3 Å². The third-order valence-corrected chi connectivity index (χ3v) is 3.78. The summed E-state index contributed by atoms with van der Waals surface area (Å²) in [5, 5.41) is 5.86. The molecule has 1 heterocycles. The van der Waals surface area contributed by atoms with Crippen molar-refractivity contribution >= 4 is 11.9 Å². The molecule has 1 fully saturated rings. The quantitative estimate of drug-likeness (QED) is 0.887. The molecule has 3 amide bonds. The van der Waals surface area contributed by atoms with Crippen molar-refractivity contribution in [2.45, 2.75) is 45.2 Å². The zero-order chi connectivity index (χ0) is 17.6. The second-order valence-corrected chi connectivity index (χ2v) is 7.11. The van der Waals surface area contributed by atoms with Gasteiger partial charge in [-0.15, -0.1) is 0 Å². The van der Waals surface area contributed by atoms with Crippen LogP contribution in [0, 0.1) is 0 Å². The predicted octanol–water partition coefficient (Wildman–Crippen LogP) is 2.15. The van der Waals surface area contributed by atoms with Crippen molar-refractivity contribution in [1.82, 2.24) is 15.5 Å². The van der Waals surface area contributed by atoms with Gasteiger partial charge in [0.25, 0.3) is 5.91 Å². The number of hydrogen-bond acceptors (Lipinski definition) is 3. The van der Waals surface area contributed by atoms with Gasteiger partial charge >= 0.3 is 6.03 Å². The van der Waals surface area contributed by atoms with Crippen molar-refractivity contribution in [1.29, 1.82) is 0 Å². The Morgan fingerprint density at radius 2 is 1.79 bits per heavy atom. The van der Waals surface area contributed by atoms with Gasteiger partial charge in [0.2, 0.25) is 0 Å². The van der Waals surface area contributed by atoms with Crippen LogP contribution in [0.5, 0.6) is 5.75 Å². The van der Waals surface area contributed by atoms with Crippen LogP contribution >= 0.6 is 0 Å². The molecule has 6 heteroatoms. The highest BCUT2D eigenvalue weighted by Gasteiger charge is 2.25. The number of likely N-dealkylation sites (tertiary alicyclic amines) is 1. The lowest BCUT2D eigenvalue weighted by Crippen LogP contribution is -2.53. The van der Waals surface area contributed by atoms with Crippen molar-refractivity contribution in [3.63, 3.8) is 0 Å². The van der Waals surface area contributed by atoms with Crippen molar-refractivity contribution in [3.8, 4) is 5.75 Å². The number of nitrogens with one attached hydrogen (secondary N) is 2. The third kappa shape index (κ3) is 6.10. The molecule has 1 aliphatic rings. The fraction of sp³-hybridized carbons (Fsp3) is 0.556. The van der Waals surface area contributed by atoms with Gasteiger partial charge < -0.3 is 20.3 Å². The fourth-order valence-electron chi connectivity index (χ4n) is 2.59. The fourth-order valence-corrected chi connectivity index (χ4v) is 2.59. The number of urea groups is 1. The molecule has 1 saturated heterocycles. The van der Waals surface area contributed by atoms with Crippen LogP contribution < -0.4 is 15.4 Å². The van der Waals surface area contributed by atoms with Crippen molar-refractivity contribution in [3.05, 3.63) is 30.3 Å². The average molecular weight is 333 g/mol. The Morgan fingerprint density at radius 3 is 2.38 bits per heavy atom. The summed E-state index contributed by atoms with van der Waals surface area (Å²) in [4.78, 5) is 25.9. The highest BCUT2D eigenvalue weighted by Crippen LogP contribution is 2.12. The highest BCUT2D eigenvalue weighted by molar-refractivity contribution is 5.78. The first-order chi connectivity index (χ1) is 11.3. The molecule has 0 unspecified atom stereocenters. The van der Waals surface area contributed by atoms with Gasteiger partial charge in [-0.25, -0.2) is 4.79 Å². The Morgan fingerprint density at radius 1 is 1.17 bits per heavy atom. The minimum Gasteiger partial charge on any atom is -0.484 e. The minimum atomic E-state index is -0.254. The minimum absolute atomic E-state index is 0.0172. The van der Waals surface area contributed by atoms with Gasteiger partial charge in [0.05, 0.1) is 0 Å². The van der Waals surface area contributed by atoms with Crippen LogP contribution in [0.2, 0.25) is 0 Å². The molecular weight excluding hydrogens is 306 g/mol. The van der Waals surface area contributed by atoms with E-state index < -0.39 is 0 Å². The first kappa shape index (κ1) is 18.1. The standard InChI is InChI=1S/C18H27N3O3/c1-18(2,3)20-17(23)19-14-9-11-21(12-10-14)16(22)13-24-15-7-5-4-6-8-15/h4-8,14H,9-13H2,1-3H3,(H2,19,20,23). The lowest BCUT2D eigenvalue weighted by molar-refractivity contribution is -0.134. The molecule has 132 valence electrons. The summed E-state index contributed by atoms with van der Waals surface area (Å²) < 4.78 is 5.50. The number of carbonyl (C=O) groups is 2. The molecule has 0 bridgehead atoms. The van der Waals surface area contributed by atoms with Gasteiger partial charge in [0, 0.05) is 24.7 Å². The molecule has 1 aromatic carbocycles. The van der Waals surface area contributed by atoms with E-state index in [2.05, 4.69) is 10.6 Å². The molecule has 2 N–H and O–H groups in total. The van der Waals surface area contributed by atoms with E-state index in [0.717, 1.165) is 12.8 Å². The predicted molar refractivity (Wildman–Crippen MR) is 93.0 cm³/mol. The smallest absolute Gasteiger partial charge is 0.315 e. The van der Waals surface area contributed by atoms with Crippen LogP contribution in [0.3, 0.4) is 0 Å². The summed E-state index contributed by atoms with van der Waals surface area (Å²) in [5.41, 5.74) is -0.254. The van der Waals surface area contributed by atoms with Gasteiger partial charge in [-0.05, 0) is 45.7 Å². The van der Waals surface area contributed by atoms with Crippen molar-refractivity contribution in [2.75, 3.05) is 19.7 Å². The van der Waals surface area contributed by atoms with Crippen LogP contribution in [0.1, 0.15) is 33.6 Å². The monoisotopic (exact) mass is 333 g/mol. The lowest BCUT2D eigenvalue weighted by atomic mass is 10.0. The number of carbonyl (C=O) groups excluding carboxylic acids is 2. The maximum atomic E-state index is 12.2. The first-order valence-corrected chi connectivity index (χ1v) is 8.38. The molecule has 0 saturated carbocycles. The number of piperidine rings is 1. The maximum absolute atomic E-state index is 12.2. The Balaban J connectivity index is 1.70. The molecule has 0 aromatic heterocycles. The highest BCUT2D eigenvalue weighted by atomic mass is 16.5. The van der Waals surface area contributed by atoms with Crippen molar-refractivity contribution in [2.24, 2.45) is 0 Å². The Hall–Kier alpha value is -2.24. The maximum Gasteiger partial charge on any atom is 0.315 e. The molecule has 0 aliphatic carbocycles. The zero-order valence-electron chi connectivity index (χ0n) is 14.7. The zero-order valence-corrected chi connectivity index (χ0v) is 14.7. The Bertz CT molecular complexity index is 546. The summed E-state index contributed by atoms with van der Waals surface area (Å²) in [6, 6.07) is 9.27. The molecule has 0 spiro atoms. The van der Waals surface area contributed by atoms with Gasteiger partial charge in [0.15, 0.2) is 6.61 Å². The number of benzene rings is 1. The number of nitrogens with zero attached hydrogens (tertiary/aromatic N) is 1. The third-order valence-electron chi connectivity index (χ3n) is 3.78. The van der Waals surface area contributed by atoms with E-state index in [4.69, 9.17) is 4.74 Å². The van der Waals surface area contributed by atoms with Crippen LogP contribution in [-0.4, -0.2) is 48.1 Å². The molecule has 6 nitrogen and oxygen atoms in total. The van der Waals surface area contributed by atoms with Gasteiger partial charge in [-0.1, -0.05) is 18.2 Å². The van der Waals surface area contributed by atoms with E-state index in [1.165, 1.54) is 0 Å². The Labute approximate surface area is 143 Å². The number of amides is 3. The van der Waals surface area contributed by atoms with Gasteiger partial charge in [-0.3, -0.25) is 4.79 Å². The average Bonchev–Trinajstić information content (AvgIpc) is 2.52. The number of ether oxygens (including phenoxy) is 1. The number of rotatable bonds is 4. The SMILES string of the molecule is CC(C)(C)NC(=O)NC1CCN(C(=O)COc2ccccc2)CC1. The number of para-hydroxylation sites is 1. The van der Waals surface area contributed by atoms with Gasteiger partial charge in [0.1, 0.15) is 5.75 Å². The topological polar surface area (TPSA) is 70.7 Å². The molecule has 1 aliphatic heterocycles. The summed E-state index contributed by atoms with van der Waals surface area (Å²) >= 11 is 0. The van der Waals surface area contributed by atoms with Gasteiger partial charge in [-0.2, -0.15) is 0 Å². The molecule has 0 radical (unpaired) electrons. The first-order valence-electron chi connectivity index (χ1n) is 8.38. The van der Waals surface area contributed by atoms with E-state index >= 15 is 0 Å². The van der Waals surface area contributed by atoms with Crippen LogP contribution in [0.25, 0.3) is 0 Å². The molecule has 1 aromatic rings. The normalized spacial score (nSPS) is 15.7. The summed E-state index contributed by atoms with van der Waals surface area (Å²) in [7, 11) is 0. The van der Waals surface area contributed by atoms with E-state index in [9.17, 15) is 9.59 Å². The van der Waals surface area contributed by atoms with Crippen molar-refractivity contribution < 1.29 is 14.3 Å². The molecule has 0 atom stereocenters. The largest absolute Gasteiger partial charge is 0.484 e. The molecule has 2 rings (SSSR count). The van der Waals surface area contributed by atoms with E-state index in [1.807, 2.05) is 51.1 Å². The lowest BCUT2D eigenvalue weighted by Gasteiger charge is -2.33. The molecule has 24 heavy (non-hydrogen) atoms. The summed E-state index contributed by atoms with van der Waals surface area (Å²) in [6.07, 6.45) is 1.52. The summed E-state index contributed by atoms with van der Waals surface area (Å²) in [6.45, 7) is 7.16. The number of hydrogen-bond donors (Lipinski definition) is 2. The second kappa shape index (κ2) is 8.04. The van der Waals surface area contributed by atoms with E-state index in [1.54, 1.807) is 4.90 Å². The second-order valence-electron chi connectivity index (χ2n) is 7.11. The van der Waals surface area contributed by atoms with E-state index in [0.29, 0.717) is 18.8 Å². The van der Waals surface area contributed by atoms with Crippen LogP contribution in [-0.2, 0) is 4.79 Å². The Kier molecular flexibility index (Phi) is 6.06. The summed E-state index contributed by atoms with van der Waals surface area (Å²) in [5.74, 6) is 0.678. The molecular formula is C18H27N3O3.